The van der Waals surface area contributed by atoms with Crippen LogP contribution >= 0.6 is 0 Å². The fraction of sp³-hybridized carbons (Fsp3) is 0.741. The number of hydrogen-bond donors (Lipinski definition) is 0. The van der Waals surface area contributed by atoms with Gasteiger partial charge in [0.2, 0.25) is 5.91 Å². The third kappa shape index (κ3) is 3.69. The molecule has 3 aliphatic carbocycles. The molecule has 180 valence electrons. The second-order valence-electron chi connectivity index (χ2n) is 11.7. The average Bonchev–Trinajstić information content (AvgIpc) is 3.13. The van der Waals surface area contributed by atoms with Gasteiger partial charge in [-0.1, -0.05) is 26.0 Å². The Kier molecular flexibility index (Phi) is 5.79. The summed E-state index contributed by atoms with van der Waals surface area (Å²) in [4.78, 5) is 25.1. The van der Waals surface area contributed by atoms with E-state index in [4.69, 9.17) is 4.74 Å². The smallest absolute Gasteiger partial charge is 0.269 e. The van der Waals surface area contributed by atoms with Gasteiger partial charge >= 0.3 is 0 Å². The van der Waals surface area contributed by atoms with E-state index < -0.39 is 0 Å². The van der Waals surface area contributed by atoms with Gasteiger partial charge in [-0.15, -0.1) is 0 Å². The zero-order chi connectivity index (χ0) is 23.4. The summed E-state index contributed by atoms with van der Waals surface area (Å²) in [6.45, 7) is 6.16. The molecule has 4 aliphatic rings. The maximum Gasteiger partial charge on any atom is 0.269 e. The molecule has 7 atom stereocenters. The van der Waals surface area contributed by atoms with Crippen LogP contribution in [-0.4, -0.2) is 35.4 Å². The second-order valence-corrected chi connectivity index (χ2v) is 11.7. The third-order valence-electron chi connectivity index (χ3n) is 10.5. The zero-order valence-corrected chi connectivity index (χ0v) is 20.3. The largest absolute Gasteiger partial charge is 0.376 e. The number of ether oxygens (including phenoxy) is 1. The summed E-state index contributed by atoms with van der Waals surface area (Å²) in [6, 6.07) is 7.20. The van der Waals surface area contributed by atoms with Crippen LogP contribution in [0.4, 0.5) is 5.69 Å². The number of likely N-dealkylation sites (tertiary alicyclic amines) is 1. The monoisotopic (exact) mass is 454 g/mol. The Bertz CT molecular complexity index is 934. The van der Waals surface area contributed by atoms with E-state index in [1.54, 1.807) is 12.1 Å². The van der Waals surface area contributed by atoms with Crippen LogP contribution in [0.25, 0.3) is 0 Å². The fourth-order valence-corrected chi connectivity index (χ4v) is 8.61. The van der Waals surface area contributed by atoms with Crippen LogP contribution in [0.1, 0.15) is 70.8 Å². The van der Waals surface area contributed by atoms with E-state index in [-0.39, 0.29) is 16.0 Å². The van der Waals surface area contributed by atoms with Crippen molar-refractivity contribution in [3.63, 3.8) is 0 Å². The molecular formula is C27H38N2O4. The summed E-state index contributed by atoms with van der Waals surface area (Å²) in [5, 5.41) is 11.0. The Hall–Kier alpha value is -1.95. The van der Waals surface area contributed by atoms with Gasteiger partial charge in [0.05, 0.1) is 18.1 Å². The van der Waals surface area contributed by atoms with Crippen molar-refractivity contribution in [3.05, 3.63) is 39.9 Å². The quantitative estimate of drug-likeness (QED) is 0.429. The number of carbonyl (C=O) groups is 1. The molecule has 0 spiro atoms. The number of amides is 1. The molecule has 1 saturated heterocycles. The van der Waals surface area contributed by atoms with Crippen molar-refractivity contribution < 1.29 is 14.5 Å². The van der Waals surface area contributed by atoms with Crippen LogP contribution in [-0.2, 0) is 16.1 Å². The van der Waals surface area contributed by atoms with Gasteiger partial charge in [0.1, 0.15) is 0 Å². The lowest BCUT2D eigenvalue weighted by molar-refractivity contribution is -0.385. The normalized spacial score (nSPS) is 40.2. The van der Waals surface area contributed by atoms with E-state index in [9.17, 15) is 14.9 Å². The van der Waals surface area contributed by atoms with Crippen LogP contribution in [0.3, 0.4) is 0 Å². The van der Waals surface area contributed by atoms with Gasteiger partial charge in [0, 0.05) is 31.6 Å². The van der Waals surface area contributed by atoms with E-state index in [1.165, 1.54) is 38.2 Å². The summed E-state index contributed by atoms with van der Waals surface area (Å²) < 4.78 is 6.15. The number of benzene rings is 1. The van der Waals surface area contributed by atoms with Gasteiger partial charge in [0.25, 0.3) is 5.69 Å². The Morgan fingerprint density at radius 2 is 1.88 bits per heavy atom. The van der Waals surface area contributed by atoms with Crippen molar-refractivity contribution in [2.45, 2.75) is 77.9 Å². The Morgan fingerprint density at radius 3 is 2.67 bits per heavy atom. The molecular weight excluding hydrogens is 416 g/mol. The van der Waals surface area contributed by atoms with Crippen molar-refractivity contribution >= 4 is 11.6 Å². The zero-order valence-electron chi connectivity index (χ0n) is 20.3. The summed E-state index contributed by atoms with van der Waals surface area (Å²) in [5.41, 5.74) is 1.59. The molecule has 0 bridgehead atoms. The molecule has 1 aromatic carbocycles. The lowest BCUT2D eigenvalue weighted by atomic mass is 9.47. The Labute approximate surface area is 197 Å². The predicted molar refractivity (Wildman–Crippen MR) is 126 cm³/mol. The highest BCUT2D eigenvalue weighted by molar-refractivity contribution is 5.77. The highest BCUT2D eigenvalue weighted by Crippen LogP contribution is 2.66. The van der Waals surface area contributed by atoms with Crippen molar-refractivity contribution in [3.8, 4) is 0 Å². The first-order valence-electron chi connectivity index (χ1n) is 12.8. The minimum Gasteiger partial charge on any atom is -0.376 e. The van der Waals surface area contributed by atoms with Crippen molar-refractivity contribution in [2.24, 2.45) is 34.5 Å². The minimum absolute atomic E-state index is 0.126. The minimum atomic E-state index is -0.347. The molecule has 1 amide bonds. The molecule has 3 saturated carbocycles. The number of nitrogens with zero attached hydrogens (tertiary/aromatic N) is 2. The topological polar surface area (TPSA) is 72.7 Å². The van der Waals surface area contributed by atoms with E-state index in [0.29, 0.717) is 36.3 Å². The molecule has 1 heterocycles. The lowest BCUT2D eigenvalue weighted by Crippen LogP contribution is -2.61. The number of non-ortho nitro benzene ring substituents is 1. The first-order valence-corrected chi connectivity index (χ1v) is 12.8. The van der Waals surface area contributed by atoms with Crippen LogP contribution in [0.15, 0.2) is 24.3 Å². The lowest BCUT2D eigenvalue weighted by Gasteiger charge is -2.61. The number of hydrogen-bond acceptors (Lipinski definition) is 4. The highest BCUT2D eigenvalue weighted by Gasteiger charge is 2.61. The number of nitro benzene ring substituents is 1. The van der Waals surface area contributed by atoms with Gasteiger partial charge in [-0.3, -0.25) is 14.9 Å². The van der Waals surface area contributed by atoms with Crippen LogP contribution in [0.2, 0.25) is 0 Å². The molecule has 6 nitrogen and oxygen atoms in total. The Morgan fingerprint density at radius 1 is 1.09 bits per heavy atom. The van der Waals surface area contributed by atoms with Crippen LogP contribution in [0.5, 0.6) is 0 Å². The fourth-order valence-electron chi connectivity index (χ4n) is 8.61. The van der Waals surface area contributed by atoms with E-state index in [1.807, 2.05) is 13.1 Å². The van der Waals surface area contributed by atoms with Crippen molar-refractivity contribution in [1.82, 2.24) is 4.90 Å². The number of fused-ring (bicyclic) bond motifs is 5. The number of rotatable bonds is 5. The maximum absolute atomic E-state index is 12.4. The molecule has 5 rings (SSSR count). The SMILES string of the molecule is CN1C(=O)CC[C@]2(C)[C@H]3CC[C@]4(C)C(COCc5cccc([N+](=O)[O-])c5)CC[C@H]4[C@@H]3CC[C@@H]12. The first kappa shape index (κ1) is 22.8. The average molecular weight is 455 g/mol. The van der Waals surface area contributed by atoms with Crippen LogP contribution < -0.4 is 0 Å². The van der Waals surface area contributed by atoms with Gasteiger partial charge in [-0.25, -0.2) is 0 Å². The first-order chi connectivity index (χ1) is 15.7. The summed E-state index contributed by atoms with van der Waals surface area (Å²) in [6.07, 6.45) is 9.21. The molecule has 1 aromatic rings. The van der Waals surface area contributed by atoms with Gasteiger partial charge in [-0.05, 0) is 85.0 Å². The van der Waals surface area contributed by atoms with E-state index in [0.717, 1.165) is 42.8 Å². The second kappa shape index (κ2) is 8.37. The van der Waals surface area contributed by atoms with E-state index in [2.05, 4.69) is 18.7 Å². The summed E-state index contributed by atoms with van der Waals surface area (Å²) in [5.74, 6) is 3.15. The molecule has 0 radical (unpaired) electrons. The number of nitro groups is 1. The summed E-state index contributed by atoms with van der Waals surface area (Å²) in [7, 11) is 2.03. The standard InChI is InChI=1S/C27H38N2O4/c1-26-13-11-23-21(8-10-24-27(23,2)14-12-25(30)28(24)3)22(26)9-7-19(26)17-33-16-18-5-4-6-20(15-18)29(31)32/h4-6,15,19,21-24H,7-14,16-17H2,1-3H3/t19?,21-,22-,23-,24+,26+,27+/m0/s1. The molecule has 4 fully saturated rings. The molecule has 33 heavy (non-hydrogen) atoms. The molecule has 0 N–H and O–H groups in total. The molecule has 1 unspecified atom stereocenters. The van der Waals surface area contributed by atoms with Gasteiger partial charge in [0.15, 0.2) is 0 Å². The van der Waals surface area contributed by atoms with Gasteiger partial charge < -0.3 is 9.64 Å². The predicted octanol–water partition coefficient (Wildman–Crippen LogP) is 5.59. The van der Waals surface area contributed by atoms with Crippen LogP contribution in [0, 0.1) is 44.6 Å². The maximum atomic E-state index is 12.4. The number of carbonyl (C=O) groups excluding carboxylic acids is 1. The van der Waals surface area contributed by atoms with Crippen molar-refractivity contribution in [2.75, 3.05) is 13.7 Å². The summed E-state index contributed by atoms with van der Waals surface area (Å²) >= 11 is 0. The molecule has 0 aromatic heterocycles. The molecule has 1 aliphatic heterocycles. The van der Waals surface area contributed by atoms with E-state index >= 15 is 0 Å². The van der Waals surface area contributed by atoms with Gasteiger partial charge in [-0.2, -0.15) is 0 Å². The Balaban J connectivity index is 1.25. The third-order valence-corrected chi connectivity index (χ3v) is 10.5. The molecule has 6 heteroatoms. The highest BCUT2D eigenvalue weighted by atomic mass is 16.6. The number of piperidine rings is 1. The van der Waals surface area contributed by atoms with Crippen molar-refractivity contribution in [1.29, 1.82) is 0 Å².